The highest BCUT2D eigenvalue weighted by molar-refractivity contribution is 6.02. The van der Waals surface area contributed by atoms with Crippen LogP contribution >= 0.6 is 0 Å². The molecule has 4 unspecified atom stereocenters. The summed E-state index contributed by atoms with van der Waals surface area (Å²) >= 11 is 0. The number of piperidine rings is 3. The minimum Gasteiger partial charge on any atom is -0.508 e. The summed E-state index contributed by atoms with van der Waals surface area (Å²) in [6.45, 7) is 23.9. The van der Waals surface area contributed by atoms with Crippen molar-refractivity contribution in [3.63, 3.8) is 0 Å². The predicted octanol–water partition coefficient (Wildman–Crippen LogP) is 14.7. The molecule has 5 aliphatic heterocycles. The van der Waals surface area contributed by atoms with Crippen LogP contribution in [0.2, 0.25) is 0 Å². The van der Waals surface area contributed by atoms with Crippen molar-refractivity contribution in [2.75, 3.05) is 63.2 Å². The number of rotatable bonds is 17. The van der Waals surface area contributed by atoms with Gasteiger partial charge >= 0.3 is 6.01 Å². The number of pyridine rings is 1. The number of phenols is 1. The average molecular weight is 1150 g/mol. The molecule has 7 heterocycles. The number of anilines is 2. The number of carbonyl (C=O) groups excluding carboxylic acids is 3. The fourth-order valence-corrected chi connectivity index (χ4v) is 13.3. The number of aryl methyl sites for hydroxylation is 2. The number of hydrogen-bond donors (Lipinski definition) is 2. The molecule has 13 nitrogen and oxygen atoms in total. The molecule has 0 spiro atoms. The molecule has 2 aromatic heterocycles. The maximum atomic E-state index is 16.0. The van der Waals surface area contributed by atoms with Crippen LogP contribution in [-0.4, -0.2) is 113 Å². The van der Waals surface area contributed by atoms with Crippen LogP contribution in [0.4, 0.5) is 20.3 Å². The molecule has 0 aliphatic carbocycles. The van der Waals surface area contributed by atoms with E-state index in [0.29, 0.717) is 64.7 Å². The normalized spacial score (nSPS) is 19.8. The number of nitrogens with zero attached hydrogens (tertiary/aromatic N) is 7. The van der Waals surface area contributed by atoms with Crippen molar-refractivity contribution in [2.45, 2.75) is 202 Å². The number of amides is 3. The summed E-state index contributed by atoms with van der Waals surface area (Å²) in [7, 11) is 3.37. The molecule has 0 radical (unpaired) electrons. The number of nitrogens with one attached hydrogen (secondary N) is 1. The van der Waals surface area contributed by atoms with Crippen molar-refractivity contribution >= 4 is 50.9 Å². The van der Waals surface area contributed by atoms with Gasteiger partial charge in [0.25, 0.3) is 0 Å². The minimum atomic E-state index is -0.662. The van der Waals surface area contributed by atoms with Gasteiger partial charge in [-0.2, -0.15) is 9.97 Å². The van der Waals surface area contributed by atoms with Gasteiger partial charge in [0.05, 0.1) is 12.5 Å². The van der Waals surface area contributed by atoms with Crippen LogP contribution in [0.1, 0.15) is 193 Å². The van der Waals surface area contributed by atoms with Gasteiger partial charge in [-0.05, 0) is 192 Å². The van der Waals surface area contributed by atoms with Crippen LogP contribution in [0.15, 0.2) is 48.7 Å². The van der Waals surface area contributed by atoms with Gasteiger partial charge in [-0.25, -0.2) is 8.78 Å². The van der Waals surface area contributed by atoms with E-state index in [1.54, 1.807) is 12.3 Å². The molecule has 5 aliphatic rings. The summed E-state index contributed by atoms with van der Waals surface area (Å²) in [5.74, 6) is 1.89. The highest BCUT2D eigenvalue weighted by atomic mass is 19.1. The zero-order valence-corrected chi connectivity index (χ0v) is 51.9. The Morgan fingerprint density at radius 1 is 0.867 bits per heavy atom. The number of hydrogen-bond acceptors (Lipinski definition) is 11. The molecule has 15 heteroatoms. The van der Waals surface area contributed by atoms with E-state index in [1.807, 2.05) is 25.8 Å². The molecule has 83 heavy (non-hydrogen) atoms. The lowest BCUT2D eigenvalue weighted by atomic mass is 9.87. The fourth-order valence-electron chi connectivity index (χ4n) is 13.3. The van der Waals surface area contributed by atoms with E-state index >= 15 is 4.39 Å². The first-order valence-electron chi connectivity index (χ1n) is 31.8. The number of imide groups is 1. The van der Waals surface area contributed by atoms with Gasteiger partial charge in [-0.3, -0.25) is 29.6 Å². The highest BCUT2D eigenvalue weighted by Crippen LogP contribution is 2.40. The topological polar surface area (TPSA) is 144 Å². The lowest BCUT2D eigenvalue weighted by molar-refractivity contribution is -0.135. The average Bonchev–Trinajstić information content (AvgIpc) is 3.70. The second-order valence-electron chi connectivity index (χ2n) is 24.4. The molecule has 0 saturated carbocycles. The van der Waals surface area contributed by atoms with Crippen molar-refractivity contribution < 1.29 is 33.0 Å². The Bertz CT molecular complexity index is 2940. The van der Waals surface area contributed by atoms with E-state index in [1.165, 1.54) is 140 Å². The summed E-state index contributed by atoms with van der Waals surface area (Å²) in [5, 5.41) is 14.2. The molecule has 5 aromatic rings. The van der Waals surface area contributed by atoms with E-state index in [4.69, 9.17) is 4.74 Å². The number of phenolic OH excluding ortho intramolecular Hbond substituents is 1. The van der Waals surface area contributed by atoms with E-state index in [2.05, 4.69) is 94.7 Å². The van der Waals surface area contributed by atoms with Crippen molar-refractivity contribution in [2.24, 2.45) is 17.8 Å². The molecule has 3 amide bonds. The summed E-state index contributed by atoms with van der Waals surface area (Å²) < 4.78 is 35.9. The monoisotopic (exact) mass is 1140 g/mol. The zero-order valence-electron chi connectivity index (χ0n) is 51.9. The third kappa shape index (κ3) is 16.8. The number of aromatic hydroxyl groups is 1. The smallest absolute Gasteiger partial charge is 0.318 e. The van der Waals surface area contributed by atoms with Gasteiger partial charge in [0.1, 0.15) is 28.6 Å². The van der Waals surface area contributed by atoms with Gasteiger partial charge in [0, 0.05) is 75.0 Å². The zero-order chi connectivity index (χ0) is 59.7. The number of fused-ring (bicyclic) bond motifs is 3. The lowest BCUT2D eigenvalue weighted by Gasteiger charge is -2.35. The first kappa shape index (κ1) is 64.8. The van der Waals surface area contributed by atoms with Gasteiger partial charge in [-0.1, -0.05) is 85.9 Å². The van der Waals surface area contributed by atoms with Crippen LogP contribution < -0.4 is 19.9 Å². The Balaban J connectivity index is 0.000000177. The third-order valence-electron chi connectivity index (χ3n) is 18.3. The van der Waals surface area contributed by atoms with Crippen molar-refractivity contribution in [3.8, 4) is 23.0 Å². The number of ether oxygens (including phenoxy) is 1. The van der Waals surface area contributed by atoms with Gasteiger partial charge < -0.3 is 24.5 Å². The van der Waals surface area contributed by atoms with Crippen LogP contribution in [-0.2, 0) is 20.8 Å². The standard InChI is InChI=1S/C25H24F2N4O2.C25H42N2O.C12H23N.C6H9NO2/c1-3-16-19(26)8-7-14-11-15(32)12-17(20(14)16)22-21(27)23-18(13-28-22)24(30-25(29-23)33-2)31-9-5-4-6-10-31;1-6-9-21(10-7-2)19-27-16-14-22(15-17-27)23-13-12-20(4)24(18-23)26(5)25(28)11-8-3;1-3-10(2)9-12-7-6-11-5-4-8-13(11)12;1-4-2-3-5(8)7-6(4)9/h7-8,11-13,32H,3-6,9-10H2,1-2H3;12-13,18,21-22H,6-11,14-17,19H2,1-5H3;10-12H,3-9H2,1-2H3;4H,2-3H2,1H3,(H,7,8,9). The number of aromatic nitrogens is 3. The number of benzene rings is 3. The molecule has 0 bridgehead atoms. The molecule has 2 N–H and O–H groups in total. The Labute approximate surface area is 494 Å². The largest absolute Gasteiger partial charge is 0.508 e. The maximum Gasteiger partial charge on any atom is 0.318 e. The second kappa shape index (κ2) is 31.4. The molecular weight excluding hydrogens is 1050 g/mol. The Kier molecular flexibility index (Phi) is 24.5. The molecular formula is C68H98F2N8O5. The van der Waals surface area contributed by atoms with E-state index in [-0.39, 0.29) is 52.4 Å². The van der Waals surface area contributed by atoms with Crippen LogP contribution in [0.3, 0.4) is 0 Å². The number of carbonyl (C=O) groups is 3. The molecule has 5 fully saturated rings. The predicted molar refractivity (Wildman–Crippen MR) is 333 cm³/mol. The Hall–Kier alpha value is -5.80. The number of likely N-dealkylation sites (tertiary alicyclic amines) is 1. The van der Waals surface area contributed by atoms with Gasteiger partial charge in [-0.15, -0.1) is 0 Å². The van der Waals surface area contributed by atoms with Crippen molar-refractivity contribution in [1.29, 1.82) is 0 Å². The highest BCUT2D eigenvalue weighted by Gasteiger charge is 2.36. The molecule has 3 aromatic carbocycles. The van der Waals surface area contributed by atoms with E-state index in [0.717, 1.165) is 68.4 Å². The van der Waals surface area contributed by atoms with Crippen LogP contribution in [0.25, 0.3) is 32.9 Å². The number of methoxy groups -OCH3 is 1. The van der Waals surface area contributed by atoms with E-state index < -0.39 is 5.82 Å². The van der Waals surface area contributed by atoms with Gasteiger partial charge in [0.15, 0.2) is 5.82 Å². The first-order chi connectivity index (χ1) is 40.0. The number of halogens is 2. The van der Waals surface area contributed by atoms with Crippen LogP contribution in [0.5, 0.6) is 11.8 Å². The first-order valence-corrected chi connectivity index (χ1v) is 31.8. The Morgan fingerprint density at radius 2 is 1.60 bits per heavy atom. The molecule has 10 rings (SSSR count). The summed E-state index contributed by atoms with van der Waals surface area (Å²) in [6, 6.07) is 14.7. The van der Waals surface area contributed by atoms with E-state index in [9.17, 15) is 23.9 Å². The fraction of sp³-hybridized carbons (Fsp3) is 0.618. The maximum absolute atomic E-state index is 16.0. The molecule has 454 valence electrons. The summed E-state index contributed by atoms with van der Waals surface area (Å²) in [5.41, 5.74) is 4.53. The van der Waals surface area contributed by atoms with Crippen LogP contribution in [0, 0.1) is 36.3 Å². The van der Waals surface area contributed by atoms with Gasteiger partial charge in [0.2, 0.25) is 17.7 Å². The SMILES string of the molecule is CC1CCC(=O)NC1=O.CCC(C)CC1CCC2CCCN21.CCCC(=O)N(C)c1cc(C2CCN(CC(CCC)CCC)CC2)ccc1C.CCc1c(F)ccc2cc(O)cc(-c3ncc4c(N5CCCCC5)nc(OC)nc4c3F)c12. The molecule has 5 saturated heterocycles. The van der Waals surface area contributed by atoms with Crippen molar-refractivity contribution in [3.05, 3.63) is 77.0 Å². The quantitative estimate of drug-likeness (QED) is 0.0859. The lowest BCUT2D eigenvalue weighted by Crippen LogP contribution is -2.39. The Morgan fingerprint density at radius 3 is 2.25 bits per heavy atom. The summed E-state index contributed by atoms with van der Waals surface area (Å²) in [4.78, 5) is 56.2. The van der Waals surface area contributed by atoms with Crippen molar-refractivity contribution in [1.82, 2.24) is 30.1 Å². The summed E-state index contributed by atoms with van der Waals surface area (Å²) in [6.07, 6.45) is 24.4. The minimum absolute atomic E-state index is 0.00551. The second-order valence-corrected chi connectivity index (χ2v) is 24.4. The third-order valence-corrected chi connectivity index (χ3v) is 18.3. The molecule has 4 atom stereocenters.